The summed E-state index contributed by atoms with van der Waals surface area (Å²) in [5.74, 6) is 0.560. The summed E-state index contributed by atoms with van der Waals surface area (Å²) in [6.07, 6.45) is 1.68. The van der Waals surface area contributed by atoms with Gasteiger partial charge in [0.2, 0.25) is 0 Å². The summed E-state index contributed by atoms with van der Waals surface area (Å²) in [6, 6.07) is 20.2. The fourth-order valence-electron chi connectivity index (χ4n) is 3.87. The number of nitrogens with zero attached hydrogens (tertiary/aromatic N) is 2. The van der Waals surface area contributed by atoms with E-state index in [2.05, 4.69) is 5.32 Å². The maximum atomic E-state index is 13.8. The van der Waals surface area contributed by atoms with Crippen LogP contribution in [0.2, 0.25) is 0 Å². The van der Waals surface area contributed by atoms with E-state index in [1.807, 2.05) is 57.2 Å². The molecule has 1 amide bonds. The van der Waals surface area contributed by atoms with Gasteiger partial charge in [-0.15, -0.1) is 11.3 Å². The number of rotatable bonds is 6. The molecular formula is C30H27N3O4S. The molecule has 1 N–H and O–H groups in total. The van der Waals surface area contributed by atoms with Gasteiger partial charge in [0, 0.05) is 11.3 Å². The Hall–Kier alpha value is -4.61. The zero-order chi connectivity index (χ0) is 27.4. The summed E-state index contributed by atoms with van der Waals surface area (Å²) in [7, 11) is 3.10. The highest BCUT2D eigenvalue weighted by Gasteiger charge is 2.18. The SMILES string of the molecule is COc1ccc(OC)c(/C=c2/s/c(=C(/C#N)C(=O)Nc3ccc(C)cc3)n(-c3ccc(C)c(C)c3)c2=O)c1. The Morgan fingerprint density at radius 2 is 1.71 bits per heavy atom. The molecule has 4 rings (SSSR count). The molecule has 0 aliphatic rings. The Morgan fingerprint density at radius 3 is 2.34 bits per heavy atom. The Kier molecular flexibility index (Phi) is 7.79. The molecule has 0 atom stereocenters. The lowest BCUT2D eigenvalue weighted by Gasteiger charge is -2.08. The molecule has 3 aromatic carbocycles. The largest absolute Gasteiger partial charge is 0.497 e. The minimum absolute atomic E-state index is 0.164. The Morgan fingerprint density at radius 1 is 0.974 bits per heavy atom. The van der Waals surface area contributed by atoms with Crippen LogP contribution in [0.4, 0.5) is 5.69 Å². The Balaban J connectivity index is 2.00. The van der Waals surface area contributed by atoms with Crippen LogP contribution in [-0.2, 0) is 4.79 Å². The van der Waals surface area contributed by atoms with Crippen molar-refractivity contribution in [3.05, 3.63) is 102 Å². The van der Waals surface area contributed by atoms with Crippen LogP contribution in [0, 0.1) is 32.1 Å². The van der Waals surface area contributed by atoms with E-state index in [1.54, 1.807) is 50.6 Å². The fourth-order valence-corrected chi connectivity index (χ4v) is 4.96. The molecule has 0 radical (unpaired) electrons. The smallest absolute Gasteiger partial charge is 0.273 e. The molecule has 192 valence electrons. The molecule has 0 saturated heterocycles. The van der Waals surface area contributed by atoms with Crippen molar-refractivity contribution in [3.8, 4) is 23.3 Å². The third-order valence-corrected chi connectivity index (χ3v) is 7.25. The number of ether oxygens (including phenoxy) is 2. The second-order valence-electron chi connectivity index (χ2n) is 8.74. The van der Waals surface area contributed by atoms with E-state index < -0.39 is 5.91 Å². The summed E-state index contributed by atoms with van der Waals surface area (Å²) in [5, 5.41) is 12.9. The van der Waals surface area contributed by atoms with Gasteiger partial charge in [-0.25, -0.2) is 0 Å². The van der Waals surface area contributed by atoms with Gasteiger partial charge in [0.1, 0.15) is 22.2 Å². The van der Waals surface area contributed by atoms with Gasteiger partial charge in [-0.1, -0.05) is 23.8 Å². The standard InChI is InChI=1S/C30H27N3O4S/c1-18-6-9-22(10-7-18)32-28(34)25(17-31)30-33(23-11-8-19(2)20(3)14-23)29(35)27(38-30)16-21-15-24(36-4)12-13-26(21)37-5/h6-16H,1-5H3,(H,32,34)/b27-16+,30-25-. The highest BCUT2D eigenvalue weighted by atomic mass is 32.1. The number of carbonyl (C=O) groups excluding carboxylic acids is 1. The van der Waals surface area contributed by atoms with Crippen LogP contribution in [-0.4, -0.2) is 24.7 Å². The van der Waals surface area contributed by atoms with Crippen LogP contribution < -0.4 is 29.5 Å². The number of methoxy groups -OCH3 is 2. The Bertz CT molecular complexity index is 1740. The molecule has 0 spiro atoms. The maximum absolute atomic E-state index is 13.8. The van der Waals surface area contributed by atoms with Crippen molar-refractivity contribution in [2.24, 2.45) is 0 Å². The molecular weight excluding hydrogens is 498 g/mol. The van der Waals surface area contributed by atoms with Crippen molar-refractivity contribution in [1.82, 2.24) is 4.57 Å². The van der Waals surface area contributed by atoms with Crippen LogP contribution in [0.1, 0.15) is 22.3 Å². The summed E-state index contributed by atoms with van der Waals surface area (Å²) in [6.45, 7) is 5.87. The predicted molar refractivity (Wildman–Crippen MR) is 151 cm³/mol. The average molecular weight is 526 g/mol. The normalized spacial score (nSPS) is 12.1. The summed E-state index contributed by atoms with van der Waals surface area (Å²) in [4.78, 5) is 27.1. The van der Waals surface area contributed by atoms with E-state index in [1.165, 1.54) is 4.57 Å². The van der Waals surface area contributed by atoms with E-state index in [-0.39, 0.29) is 15.8 Å². The number of nitriles is 1. The number of anilines is 1. The summed E-state index contributed by atoms with van der Waals surface area (Å²) < 4.78 is 12.8. The average Bonchev–Trinajstić information content (AvgIpc) is 3.22. The lowest BCUT2D eigenvalue weighted by molar-refractivity contribution is -0.111. The van der Waals surface area contributed by atoms with Gasteiger partial charge in [-0.05, 0) is 80.4 Å². The predicted octanol–water partition coefficient (Wildman–Crippen LogP) is 3.98. The first-order valence-electron chi connectivity index (χ1n) is 11.8. The molecule has 0 bridgehead atoms. The number of hydrogen-bond acceptors (Lipinski definition) is 6. The van der Waals surface area contributed by atoms with Gasteiger partial charge in [0.25, 0.3) is 11.5 Å². The van der Waals surface area contributed by atoms with Crippen molar-refractivity contribution in [2.45, 2.75) is 20.8 Å². The number of aromatic nitrogens is 1. The quantitative estimate of drug-likeness (QED) is 0.411. The third kappa shape index (κ3) is 5.38. The van der Waals surface area contributed by atoms with Crippen molar-refractivity contribution >= 4 is 34.6 Å². The first kappa shape index (κ1) is 26.5. The molecule has 0 saturated carbocycles. The lowest BCUT2D eigenvalue weighted by Crippen LogP contribution is -2.32. The highest BCUT2D eigenvalue weighted by molar-refractivity contribution is 7.07. The molecule has 4 aromatic rings. The molecule has 0 fully saturated rings. The molecule has 7 nitrogen and oxygen atoms in total. The first-order valence-corrected chi connectivity index (χ1v) is 12.6. The molecule has 1 heterocycles. The summed E-state index contributed by atoms with van der Waals surface area (Å²) in [5.41, 5.74) is 4.32. The number of amides is 1. The number of hydrogen-bond donors (Lipinski definition) is 1. The minimum Gasteiger partial charge on any atom is -0.497 e. The van der Waals surface area contributed by atoms with Crippen LogP contribution in [0.3, 0.4) is 0 Å². The van der Waals surface area contributed by atoms with Crippen molar-refractivity contribution in [1.29, 1.82) is 5.26 Å². The minimum atomic E-state index is -0.597. The van der Waals surface area contributed by atoms with Gasteiger partial charge in [0.05, 0.1) is 24.4 Å². The highest BCUT2D eigenvalue weighted by Crippen LogP contribution is 2.24. The molecule has 8 heteroatoms. The zero-order valence-corrected chi connectivity index (χ0v) is 22.6. The fraction of sp³-hybridized carbons (Fsp3) is 0.167. The van der Waals surface area contributed by atoms with Crippen LogP contribution >= 0.6 is 11.3 Å². The van der Waals surface area contributed by atoms with Gasteiger partial charge in [-0.3, -0.25) is 14.2 Å². The zero-order valence-electron chi connectivity index (χ0n) is 21.8. The van der Waals surface area contributed by atoms with Gasteiger partial charge >= 0.3 is 0 Å². The molecule has 0 unspecified atom stereocenters. The van der Waals surface area contributed by atoms with Crippen LogP contribution in [0.25, 0.3) is 17.3 Å². The maximum Gasteiger partial charge on any atom is 0.273 e. The number of nitrogens with one attached hydrogen (secondary N) is 1. The number of aryl methyl sites for hydroxylation is 3. The third-order valence-electron chi connectivity index (χ3n) is 6.16. The van der Waals surface area contributed by atoms with Crippen molar-refractivity contribution in [3.63, 3.8) is 0 Å². The summed E-state index contributed by atoms with van der Waals surface area (Å²) >= 11 is 1.07. The van der Waals surface area contributed by atoms with Crippen molar-refractivity contribution in [2.75, 3.05) is 19.5 Å². The molecule has 38 heavy (non-hydrogen) atoms. The lowest BCUT2D eigenvalue weighted by atomic mass is 10.1. The van der Waals surface area contributed by atoms with Gasteiger partial charge < -0.3 is 14.8 Å². The second-order valence-corrected chi connectivity index (χ2v) is 9.77. The van der Waals surface area contributed by atoms with Gasteiger partial charge in [0.15, 0.2) is 5.57 Å². The molecule has 0 aliphatic carbocycles. The van der Waals surface area contributed by atoms with Crippen molar-refractivity contribution < 1.29 is 14.3 Å². The van der Waals surface area contributed by atoms with Gasteiger partial charge in [-0.2, -0.15) is 5.26 Å². The van der Waals surface area contributed by atoms with E-state index in [4.69, 9.17) is 9.47 Å². The number of thiazole rings is 1. The number of benzene rings is 3. The van der Waals surface area contributed by atoms with E-state index in [9.17, 15) is 14.9 Å². The number of carbonyl (C=O) groups is 1. The second kappa shape index (κ2) is 11.2. The first-order chi connectivity index (χ1) is 18.2. The Labute approximate surface area is 224 Å². The van der Waals surface area contributed by atoms with E-state index >= 15 is 0 Å². The van der Waals surface area contributed by atoms with E-state index in [0.717, 1.165) is 28.0 Å². The monoisotopic (exact) mass is 525 g/mol. The van der Waals surface area contributed by atoms with E-state index in [0.29, 0.717) is 33.0 Å². The molecule has 1 aromatic heterocycles. The van der Waals surface area contributed by atoms with Crippen LogP contribution in [0.15, 0.2) is 65.5 Å². The topological polar surface area (TPSA) is 93.3 Å². The van der Waals surface area contributed by atoms with Crippen LogP contribution in [0.5, 0.6) is 11.5 Å². The molecule has 0 aliphatic heterocycles.